The van der Waals surface area contributed by atoms with E-state index < -0.39 is 0 Å². The highest BCUT2D eigenvalue weighted by molar-refractivity contribution is 5.53. The van der Waals surface area contributed by atoms with Crippen molar-refractivity contribution in [3.8, 4) is 11.5 Å². The minimum absolute atomic E-state index is 0.172. The molecule has 2 heteroatoms. The van der Waals surface area contributed by atoms with Gasteiger partial charge in [0, 0.05) is 17.4 Å². The number of allylic oxidation sites excluding steroid dienone is 2. The Kier molecular flexibility index (Phi) is 2.67. The van der Waals surface area contributed by atoms with Crippen LogP contribution in [-0.4, -0.2) is 10.7 Å². The molecule has 19 heavy (non-hydrogen) atoms. The molecule has 0 radical (unpaired) electrons. The number of phenols is 1. The molecule has 1 aromatic carbocycles. The minimum Gasteiger partial charge on any atom is -0.507 e. The molecule has 1 aromatic rings. The summed E-state index contributed by atoms with van der Waals surface area (Å²) in [4.78, 5) is 0. The van der Waals surface area contributed by atoms with E-state index in [0.29, 0.717) is 11.7 Å². The van der Waals surface area contributed by atoms with Crippen molar-refractivity contribution >= 4 is 0 Å². The molecule has 1 heterocycles. The molecule has 1 aliphatic heterocycles. The number of hydrogen-bond acceptors (Lipinski definition) is 2. The third kappa shape index (κ3) is 1.94. The van der Waals surface area contributed by atoms with Crippen molar-refractivity contribution in [2.75, 3.05) is 0 Å². The number of benzene rings is 1. The Balaban J connectivity index is 2.21. The van der Waals surface area contributed by atoms with E-state index in [1.165, 1.54) is 5.57 Å². The Morgan fingerprint density at radius 2 is 2.00 bits per heavy atom. The van der Waals surface area contributed by atoms with Gasteiger partial charge in [-0.05, 0) is 58.2 Å². The van der Waals surface area contributed by atoms with Crippen LogP contribution >= 0.6 is 0 Å². The van der Waals surface area contributed by atoms with Crippen molar-refractivity contribution < 1.29 is 9.84 Å². The van der Waals surface area contributed by atoms with Crippen molar-refractivity contribution in [1.29, 1.82) is 0 Å². The van der Waals surface area contributed by atoms with Crippen molar-refractivity contribution in [3.63, 3.8) is 0 Å². The third-order valence-corrected chi connectivity index (χ3v) is 4.61. The number of phenolic OH excluding ortho intramolecular Hbond substituents is 1. The van der Waals surface area contributed by atoms with Gasteiger partial charge in [0.15, 0.2) is 0 Å². The fraction of sp³-hybridized carbons (Fsp3) is 0.529. The van der Waals surface area contributed by atoms with Gasteiger partial charge in [-0.1, -0.05) is 11.6 Å². The van der Waals surface area contributed by atoms with Crippen LogP contribution in [-0.2, 0) is 0 Å². The SMILES string of the molecule is CC1=CC2c3c(O)cc(C)cc3OC(C)(C)C2CC1. The van der Waals surface area contributed by atoms with Crippen LogP contribution in [0.5, 0.6) is 11.5 Å². The summed E-state index contributed by atoms with van der Waals surface area (Å²) in [6, 6.07) is 3.89. The first kappa shape index (κ1) is 12.6. The maximum Gasteiger partial charge on any atom is 0.127 e. The molecular weight excluding hydrogens is 236 g/mol. The maximum absolute atomic E-state index is 10.3. The van der Waals surface area contributed by atoms with Gasteiger partial charge in [-0.25, -0.2) is 0 Å². The number of aromatic hydroxyl groups is 1. The fourth-order valence-electron chi connectivity index (χ4n) is 3.66. The molecule has 0 bridgehead atoms. The molecule has 0 saturated carbocycles. The lowest BCUT2D eigenvalue weighted by atomic mass is 9.68. The molecular formula is C17H22O2. The molecule has 2 atom stereocenters. The van der Waals surface area contributed by atoms with E-state index in [1.807, 2.05) is 19.1 Å². The molecule has 0 fully saturated rings. The molecule has 3 rings (SSSR count). The van der Waals surface area contributed by atoms with Crippen LogP contribution in [0.4, 0.5) is 0 Å². The van der Waals surface area contributed by atoms with E-state index >= 15 is 0 Å². The smallest absolute Gasteiger partial charge is 0.127 e. The van der Waals surface area contributed by atoms with Gasteiger partial charge in [-0.3, -0.25) is 0 Å². The van der Waals surface area contributed by atoms with Crippen LogP contribution in [0.2, 0.25) is 0 Å². The average Bonchev–Trinajstić information content (AvgIpc) is 2.25. The van der Waals surface area contributed by atoms with Gasteiger partial charge in [0.2, 0.25) is 0 Å². The Morgan fingerprint density at radius 1 is 1.26 bits per heavy atom. The summed E-state index contributed by atoms with van der Waals surface area (Å²) in [7, 11) is 0. The second kappa shape index (κ2) is 4.03. The first-order chi connectivity index (χ1) is 8.88. The molecule has 1 aliphatic carbocycles. The molecule has 102 valence electrons. The van der Waals surface area contributed by atoms with E-state index in [-0.39, 0.29) is 11.5 Å². The lowest BCUT2D eigenvalue weighted by Crippen LogP contribution is -2.45. The largest absolute Gasteiger partial charge is 0.507 e. The van der Waals surface area contributed by atoms with Crippen LogP contribution in [0.15, 0.2) is 23.8 Å². The molecule has 2 nitrogen and oxygen atoms in total. The van der Waals surface area contributed by atoms with Crippen LogP contribution < -0.4 is 4.74 Å². The fourth-order valence-corrected chi connectivity index (χ4v) is 3.66. The minimum atomic E-state index is -0.172. The van der Waals surface area contributed by atoms with Crippen LogP contribution in [0.3, 0.4) is 0 Å². The molecule has 2 unspecified atom stereocenters. The first-order valence-electron chi connectivity index (χ1n) is 7.08. The topological polar surface area (TPSA) is 29.5 Å². The molecule has 0 aromatic heterocycles. The Morgan fingerprint density at radius 3 is 2.74 bits per heavy atom. The third-order valence-electron chi connectivity index (χ3n) is 4.61. The molecule has 0 spiro atoms. The summed E-state index contributed by atoms with van der Waals surface area (Å²) in [6.45, 7) is 8.51. The van der Waals surface area contributed by atoms with Crippen LogP contribution in [0, 0.1) is 12.8 Å². The van der Waals surface area contributed by atoms with Crippen molar-refractivity contribution in [3.05, 3.63) is 34.9 Å². The van der Waals surface area contributed by atoms with Crippen molar-refractivity contribution in [2.45, 2.75) is 52.1 Å². The molecule has 2 aliphatic rings. The van der Waals surface area contributed by atoms with E-state index in [1.54, 1.807) is 0 Å². The van der Waals surface area contributed by atoms with Gasteiger partial charge in [-0.15, -0.1) is 0 Å². The second-order valence-electron chi connectivity index (χ2n) is 6.59. The number of hydrogen-bond donors (Lipinski definition) is 1. The van der Waals surface area contributed by atoms with Crippen molar-refractivity contribution in [2.24, 2.45) is 5.92 Å². The summed E-state index contributed by atoms with van der Waals surface area (Å²) in [5.74, 6) is 1.96. The van der Waals surface area contributed by atoms with Gasteiger partial charge in [-0.2, -0.15) is 0 Å². The number of rotatable bonds is 0. The Hall–Kier alpha value is -1.44. The monoisotopic (exact) mass is 258 g/mol. The van der Waals surface area contributed by atoms with E-state index in [0.717, 1.165) is 29.7 Å². The predicted molar refractivity (Wildman–Crippen MR) is 76.8 cm³/mol. The van der Waals surface area contributed by atoms with Crippen LogP contribution in [0.25, 0.3) is 0 Å². The Labute approximate surface area is 115 Å². The lowest BCUT2D eigenvalue weighted by Gasteiger charge is -2.46. The van der Waals surface area contributed by atoms with E-state index in [4.69, 9.17) is 4.74 Å². The zero-order valence-electron chi connectivity index (χ0n) is 12.2. The summed E-state index contributed by atoms with van der Waals surface area (Å²) in [5.41, 5.74) is 3.27. The molecule has 0 saturated heterocycles. The molecule has 0 amide bonds. The standard InChI is InChI=1S/C17H22O2/c1-10-5-6-13-12(7-10)16-14(18)8-11(2)9-15(16)19-17(13,3)4/h7-9,12-13,18H,5-6H2,1-4H3. The van der Waals surface area contributed by atoms with Gasteiger partial charge < -0.3 is 9.84 Å². The Bertz CT molecular complexity index is 555. The quantitative estimate of drug-likeness (QED) is 0.703. The lowest BCUT2D eigenvalue weighted by molar-refractivity contribution is 0.0107. The zero-order valence-corrected chi connectivity index (χ0v) is 12.2. The summed E-state index contributed by atoms with van der Waals surface area (Å²) in [5, 5.41) is 10.3. The van der Waals surface area contributed by atoms with Gasteiger partial charge >= 0.3 is 0 Å². The van der Waals surface area contributed by atoms with Gasteiger partial charge in [0.1, 0.15) is 17.1 Å². The van der Waals surface area contributed by atoms with E-state index in [2.05, 4.69) is 26.8 Å². The highest BCUT2D eigenvalue weighted by atomic mass is 16.5. The normalized spacial score (nSPS) is 27.9. The predicted octanol–water partition coefficient (Wildman–Crippen LogP) is 4.31. The summed E-state index contributed by atoms with van der Waals surface area (Å²) in [6.07, 6.45) is 4.59. The first-order valence-corrected chi connectivity index (χ1v) is 7.08. The second-order valence-corrected chi connectivity index (χ2v) is 6.59. The summed E-state index contributed by atoms with van der Waals surface area (Å²) >= 11 is 0. The average molecular weight is 258 g/mol. The van der Waals surface area contributed by atoms with Gasteiger partial charge in [0.25, 0.3) is 0 Å². The zero-order chi connectivity index (χ0) is 13.8. The summed E-state index contributed by atoms with van der Waals surface area (Å²) < 4.78 is 6.20. The van der Waals surface area contributed by atoms with E-state index in [9.17, 15) is 5.11 Å². The molecule has 1 N–H and O–H groups in total. The number of fused-ring (bicyclic) bond motifs is 3. The number of ether oxygens (including phenoxy) is 1. The highest BCUT2D eigenvalue weighted by Gasteiger charge is 2.45. The highest BCUT2D eigenvalue weighted by Crippen LogP contribution is 2.53. The van der Waals surface area contributed by atoms with Crippen LogP contribution in [0.1, 0.15) is 50.7 Å². The van der Waals surface area contributed by atoms with Gasteiger partial charge in [0.05, 0.1) is 0 Å². The maximum atomic E-state index is 10.3. The number of aryl methyl sites for hydroxylation is 1. The van der Waals surface area contributed by atoms with Crippen molar-refractivity contribution in [1.82, 2.24) is 0 Å².